The second kappa shape index (κ2) is 4.89. The lowest BCUT2D eigenvalue weighted by atomic mass is 10.1. The Morgan fingerprint density at radius 3 is 2.79 bits per heavy atom. The van der Waals surface area contributed by atoms with Gasteiger partial charge in [0.25, 0.3) is 5.69 Å². The summed E-state index contributed by atoms with van der Waals surface area (Å²) in [5.74, 6) is -0.0395. The first-order valence-corrected chi connectivity index (χ1v) is 5.98. The molecule has 7 heteroatoms. The van der Waals surface area contributed by atoms with E-state index in [1.165, 1.54) is 17.0 Å². The fraction of sp³-hybridized carbons (Fsp3) is 0.250. The molecule has 1 saturated heterocycles. The molecule has 2 N–H and O–H groups in total. The van der Waals surface area contributed by atoms with Crippen LogP contribution in [0, 0.1) is 16.0 Å². The van der Waals surface area contributed by atoms with E-state index < -0.39 is 4.92 Å². The Kier molecular flexibility index (Phi) is 3.44. The third-order valence-corrected chi connectivity index (χ3v) is 3.37. The summed E-state index contributed by atoms with van der Waals surface area (Å²) in [5, 5.41) is 10.7. The number of amides is 1. The molecule has 0 saturated carbocycles. The number of benzene rings is 1. The molecule has 1 aromatic rings. The topological polar surface area (TPSA) is 89.5 Å². The van der Waals surface area contributed by atoms with Gasteiger partial charge in [0.1, 0.15) is 5.02 Å². The van der Waals surface area contributed by atoms with Gasteiger partial charge in [-0.05, 0) is 6.07 Å². The number of anilines is 2. The van der Waals surface area contributed by atoms with E-state index in [1.807, 2.05) is 0 Å². The summed E-state index contributed by atoms with van der Waals surface area (Å²) < 4.78 is 0. The third-order valence-electron chi connectivity index (χ3n) is 3.07. The van der Waals surface area contributed by atoms with Crippen LogP contribution in [0.25, 0.3) is 0 Å². The minimum Gasteiger partial charge on any atom is -0.397 e. The van der Waals surface area contributed by atoms with Crippen LogP contribution in [0.5, 0.6) is 0 Å². The summed E-state index contributed by atoms with van der Waals surface area (Å²) in [6, 6.07) is 2.53. The standard InChI is InChI=1S/C12H12ClN3O3/c1-2-7-3-12(17)15(6-7)11-4-8(13)10(16(18)19)5-9(11)14/h2,4-5,7H,1,3,6,14H2. The third kappa shape index (κ3) is 2.39. The molecule has 2 rings (SSSR count). The Labute approximate surface area is 114 Å². The van der Waals surface area contributed by atoms with Crippen LogP contribution in [-0.2, 0) is 4.79 Å². The number of nitro benzene ring substituents is 1. The van der Waals surface area contributed by atoms with Crippen molar-refractivity contribution in [1.82, 2.24) is 0 Å². The predicted molar refractivity (Wildman–Crippen MR) is 73.2 cm³/mol. The van der Waals surface area contributed by atoms with Crippen molar-refractivity contribution in [3.8, 4) is 0 Å². The van der Waals surface area contributed by atoms with Gasteiger partial charge in [-0.15, -0.1) is 6.58 Å². The lowest BCUT2D eigenvalue weighted by Crippen LogP contribution is -2.25. The molecule has 1 heterocycles. The zero-order valence-corrected chi connectivity index (χ0v) is 10.8. The van der Waals surface area contributed by atoms with E-state index in [1.54, 1.807) is 6.08 Å². The summed E-state index contributed by atoms with van der Waals surface area (Å²) in [4.78, 5) is 23.5. The van der Waals surface area contributed by atoms with E-state index in [-0.39, 0.29) is 28.2 Å². The molecule has 1 aliphatic rings. The zero-order chi connectivity index (χ0) is 14.2. The summed E-state index contributed by atoms with van der Waals surface area (Å²) >= 11 is 5.84. The van der Waals surface area contributed by atoms with E-state index >= 15 is 0 Å². The number of hydrogen-bond donors (Lipinski definition) is 1. The van der Waals surface area contributed by atoms with E-state index in [0.29, 0.717) is 18.7 Å². The second-order valence-electron chi connectivity index (χ2n) is 4.32. The van der Waals surface area contributed by atoms with Crippen molar-refractivity contribution in [2.75, 3.05) is 17.2 Å². The van der Waals surface area contributed by atoms with Crippen molar-refractivity contribution in [2.24, 2.45) is 5.92 Å². The summed E-state index contributed by atoms with van der Waals surface area (Å²) in [6.45, 7) is 4.12. The lowest BCUT2D eigenvalue weighted by molar-refractivity contribution is -0.384. The first kappa shape index (κ1) is 13.4. The van der Waals surface area contributed by atoms with E-state index in [0.717, 1.165) is 0 Å². The van der Waals surface area contributed by atoms with Crippen LogP contribution in [0.3, 0.4) is 0 Å². The number of nitrogen functional groups attached to an aromatic ring is 1. The number of rotatable bonds is 3. The maximum Gasteiger partial charge on any atom is 0.290 e. The number of hydrogen-bond acceptors (Lipinski definition) is 4. The number of nitro groups is 1. The Morgan fingerprint density at radius 2 is 2.26 bits per heavy atom. The fourth-order valence-corrected chi connectivity index (χ4v) is 2.29. The first-order valence-electron chi connectivity index (χ1n) is 5.60. The molecule has 100 valence electrons. The van der Waals surface area contributed by atoms with E-state index in [9.17, 15) is 14.9 Å². The SMILES string of the molecule is C=CC1CC(=O)N(c2cc(Cl)c([N+](=O)[O-])cc2N)C1. The van der Waals surface area contributed by atoms with Crippen LogP contribution in [0.2, 0.25) is 5.02 Å². The molecule has 1 unspecified atom stereocenters. The van der Waals surface area contributed by atoms with Crippen molar-refractivity contribution >= 4 is 34.6 Å². The minimum absolute atomic E-state index is 0.0379. The van der Waals surface area contributed by atoms with Crippen LogP contribution < -0.4 is 10.6 Å². The normalized spacial score (nSPS) is 18.7. The molecule has 1 aliphatic heterocycles. The molecule has 1 atom stereocenters. The summed E-state index contributed by atoms with van der Waals surface area (Å²) in [7, 11) is 0. The minimum atomic E-state index is -0.610. The Bertz CT molecular complexity index is 574. The van der Waals surface area contributed by atoms with Crippen molar-refractivity contribution in [3.05, 3.63) is 39.9 Å². The number of nitrogens with two attached hydrogens (primary N) is 1. The van der Waals surface area contributed by atoms with Gasteiger partial charge in [-0.25, -0.2) is 0 Å². The Morgan fingerprint density at radius 1 is 1.58 bits per heavy atom. The molecule has 0 radical (unpaired) electrons. The molecular weight excluding hydrogens is 270 g/mol. The van der Waals surface area contributed by atoms with Gasteiger partial charge in [0.05, 0.1) is 16.3 Å². The van der Waals surface area contributed by atoms with Crippen LogP contribution in [0.4, 0.5) is 17.1 Å². The van der Waals surface area contributed by atoms with Gasteiger partial charge in [0, 0.05) is 24.9 Å². The summed E-state index contributed by atoms with van der Waals surface area (Å²) in [6.07, 6.45) is 2.07. The van der Waals surface area contributed by atoms with Crippen molar-refractivity contribution in [1.29, 1.82) is 0 Å². The molecule has 19 heavy (non-hydrogen) atoms. The van der Waals surface area contributed by atoms with Crippen molar-refractivity contribution in [2.45, 2.75) is 6.42 Å². The molecule has 0 spiro atoms. The van der Waals surface area contributed by atoms with Gasteiger partial charge < -0.3 is 10.6 Å². The molecule has 0 aliphatic carbocycles. The van der Waals surface area contributed by atoms with Crippen LogP contribution in [0.15, 0.2) is 24.8 Å². The highest BCUT2D eigenvalue weighted by atomic mass is 35.5. The summed E-state index contributed by atoms with van der Waals surface area (Å²) in [5.41, 5.74) is 6.07. The molecule has 1 amide bonds. The Hall–Kier alpha value is -2.08. The molecule has 6 nitrogen and oxygen atoms in total. The van der Waals surface area contributed by atoms with Gasteiger partial charge in [-0.1, -0.05) is 17.7 Å². The van der Waals surface area contributed by atoms with Gasteiger partial charge in [0.15, 0.2) is 0 Å². The van der Waals surface area contributed by atoms with E-state index in [2.05, 4.69) is 6.58 Å². The van der Waals surface area contributed by atoms with E-state index in [4.69, 9.17) is 17.3 Å². The van der Waals surface area contributed by atoms with Gasteiger partial charge in [-0.3, -0.25) is 14.9 Å². The van der Waals surface area contributed by atoms with Crippen LogP contribution in [0.1, 0.15) is 6.42 Å². The number of carbonyl (C=O) groups excluding carboxylic acids is 1. The predicted octanol–water partition coefficient (Wildman–Crippen LogP) is 2.37. The Balaban J connectivity index is 2.41. The number of carbonyl (C=O) groups is 1. The molecule has 0 bridgehead atoms. The largest absolute Gasteiger partial charge is 0.397 e. The van der Waals surface area contributed by atoms with Gasteiger partial charge in [-0.2, -0.15) is 0 Å². The zero-order valence-electron chi connectivity index (χ0n) is 10.0. The molecule has 1 fully saturated rings. The first-order chi connectivity index (χ1) is 8.93. The molecule has 1 aromatic carbocycles. The lowest BCUT2D eigenvalue weighted by Gasteiger charge is -2.18. The quantitative estimate of drug-likeness (QED) is 0.399. The van der Waals surface area contributed by atoms with Gasteiger partial charge >= 0.3 is 0 Å². The highest BCUT2D eigenvalue weighted by molar-refractivity contribution is 6.33. The van der Waals surface area contributed by atoms with Gasteiger partial charge in [0.2, 0.25) is 5.91 Å². The van der Waals surface area contributed by atoms with Crippen molar-refractivity contribution < 1.29 is 9.72 Å². The average Bonchev–Trinajstić information content (AvgIpc) is 2.72. The highest BCUT2D eigenvalue weighted by Crippen LogP contribution is 2.37. The monoisotopic (exact) mass is 281 g/mol. The van der Waals surface area contributed by atoms with Crippen molar-refractivity contribution in [3.63, 3.8) is 0 Å². The molecular formula is C12H12ClN3O3. The molecule has 0 aromatic heterocycles. The average molecular weight is 282 g/mol. The number of halogens is 1. The maximum absolute atomic E-state index is 11.9. The maximum atomic E-state index is 11.9. The second-order valence-corrected chi connectivity index (χ2v) is 4.73. The van der Waals surface area contributed by atoms with Crippen LogP contribution in [-0.4, -0.2) is 17.4 Å². The fourth-order valence-electron chi connectivity index (χ4n) is 2.07. The number of nitrogens with zero attached hydrogens (tertiary/aromatic N) is 2. The smallest absolute Gasteiger partial charge is 0.290 e. The van der Waals surface area contributed by atoms with Crippen LogP contribution >= 0.6 is 11.6 Å². The highest BCUT2D eigenvalue weighted by Gasteiger charge is 2.31.